The van der Waals surface area contributed by atoms with E-state index in [9.17, 15) is 9.90 Å². The van der Waals surface area contributed by atoms with Gasteiger partial charge in [0.05, 0.1) is 11.8 Å². The molecule has 0 saturated carbocycles. The average Bonchev–Trinajstić information content (AvgIpc) is 3.57. The van der Waals surface area contributed by atoms with Crippen molar-refractivity contribution in [2.75, 3.05) is 40.3 Å². The number of aromatic amines is 1. The molecule has 1 aromatic carbocycles. The van der Waals surface area contributed by atoms with Crippen LogP contribution in [-0.2, 0) is 9.53 Å². The number of amides is 1. The zero-order chi connectivity index (χ0) is 23.7. The van der Waals surface area contributed by atoms with E-state index in [0.717, 1.165) is 61.2 Å². The number of ether oxygens (including phenoxy) is 1. The quantitative estimate of drug-likeness (QED) is 0.545. The number of hydrogen-bond acceptors (Lipinski definition) is 6. The number of benzene rings is 1. The van der Waals surface area contributed by atoms with Gasteiger partial charge in [0.1, 0.15) is 5.75 Å². The maximum atomic E-state index is 12.7. The highest BCUT2D eigenvalue weighted by Crippen LogP contribution is 2.42. The standard InChI is InChI=1S/C26H31N5O3/c1-30(2)12-5-10-23(33)31-13-11-17(16-31)25-24(22-9-6-14-34-22)19-15-20(28-29-26(19)27-25)18-7-3-4-8-21(18)32/h3-5,7-8,10,15,17,22,32H,6,9,11-14,16H2,1-2H3,(H,27,29)/b10-5+. The van der Waals surface area contributed by atoms with Crippen LogP contribution in [0, 0.1) is 0 Å². The van der Waals surface area contributed by atoms with E-state index in [1.807, 2.05) is 48.2 Å². The van der Waals surface area contributed by atoms with Gasteiger partial charge >= 0.3 is 0 Å². The first-order chi connectivity index (χ1) is 16.5. The number of phenols is 1. The fourth-order valence-electron chi connectivity index (χ4n) is 4.99. The molecule has 2 saturated heterocycles. The maximum absolute atomic E-state index is 12.7. The van der Waals surface area contributed by atoms with Crippen molar-refractivity contribution >= 4 is 16.9 Å². The Labute approximate surface area is 199 Å². The van der Waals surface area contributed by atoms with Crippen LogP contribution in [0.25, 0.3) is 22.3 Å². The molecular formula is C26H31N5O3. The summed E-state index contributed by atoms with van der Waals surface area (Å²) < 4.78 is 6.11. The molecule has 2 atom stereocenters. The van der Waals surface area contributed by atoms with Crippen LogP contribution in [-0.4, -0.2) is 76.3 Å². The van der Waals surface area contributed by atoms with Crippen molar-refractivity contribution in [3.05, 3.63) is 53.7 Å². The lowest BCUT2D eigenvalue weighted by Gasteiger charge is -2.17. The van der Waals surface area contributed by atoms with Gasteiger partial charge in [0, 0.05) is 60.4 Å². The molecule has 4 heterocycles. The highest BCUT2D eigenvalue weighted by molar-refractivity contribution is 5.88. The lowest BCUT2D eigenvalue weighted by Crippen LogP contribution is -2.27. The number of carbonyl (C=O) groups excluding carboxylic acids is 1. The molecule has 2 unspecified atom stereocenters. The topological polar surface area (TPSA) is 94.6 Å². The van der Waals surface area contributed by atoms with E-state index in [2.05, 4.69) is 15.2 Å². The van der Waals surface area contributed by atoms with Crippen molar-refractivity contribution < 1.29 is 14.6 Å². The number of fused-ring (bicyclic) bond motifs is 1. The van der Waals surface area contributed by atoms with Gasteiger partial charge in [0.2, 0.25) is 5.91 Å². The van der Waals surface area contributed by atoms with E-state index in [4.69, 9.17) is 4.74 Å². The fraction of sp³-hybridized carbons (Fsp3) is 0.423. The van der Waals surface area contributed by atoms with E-state index in [1.54, 1.807) is 18.2 Å². The molecule has 0 radical (unpaired) electrons. The Morgan fingerprint density at radius 3 is 2.91 bits per heavy atom. The van der Waals surface area contributed by atoms with E-state index < -0.39 is 0 Å². The summed E-state index contributed by atoms with van der Waals surface area (Å²) in [4.78, 5) is 20.1. The van der Waals surface area contributed by atoms with E-state index in [-0.39, 0.29) is 23.7 Å². The third-order valence-corrected chi connectivity index (χ3v) is 6.70. The molecule has 0 bridgehead atoms. The Hall–Kier alpha value is -3.23. The Balaban J connectivity index is 1.48. The molecule has 1 amide bonds. The number of carbonyl (C=O) groups is 1. The normalized spacial score (nSPS) is 20.9. The first-order valence-electron chi connectivity index (χ1n) is 11.9. The van der Waals surface area contributed by atoms with Gasteiger partial charge in [-0.3, -0.25) is 4.79 Å². The number of hydrogen-bond donors (Lipinski definition) is 2. The van der Waals surface area contributed by atoms with Gasteiger partial charge in [-0.1, -0.05) is 18.2 Å². The lowest BCUT2D eigenvalue weighted by atomic mass is 9.95. The lowest BCUT2D eigenvalue weighted by molar-refractivity contribution is -0.125. The summed E-state index contributed by atoms with van der Waals surface area (Å²) in [5, 5.41) is 20.1. The average molecular weight is 462 g/mol. The number of para-hydroxylation sites is 1. The van der Waals surface area contributed by atoms with Crippen LogP contribution < -0.4 is 0 Å². The Morgan fingerprint density at radius 1 is 1.29 bits per heavy atom. The molecule has 178 valence electrons. The molecular weight excluding hydrogens is 430 g/mol. The number of aromatic nitrogens is 3. The second kappa shape index (κ2) is 9.56. The summed E-state index contributed by atoms with van der Waals surface area (Å²) in [5.74, 6) is 0.423. The van der Waals surface area contributed by atoms with Crippen LogP contribution in [0.2, 0.25) is 0 Å². The molecule has 3 aromatic rings. The molecule has 2 fully saturated rings. The highest BCUT2D eigenvalue weighted by Gasteiger charge is 2.33. The summed E-state index contributed by atoms with van der Waals surface area (Å²) in [7, 11) is 3.97. The first-order valence-corrected chi connectivity index (χ1v) is 11.9. The van der Waals surface area contributed by atoms with Crippen molar-refractivity contribution in [3.8, 4) is 17.0 Å². The number of rotatable bonds is 6. The van der Waals surface area contributed by atoms with Gasteiger partial charge < -0.3 is 24.6 Å². The number of aromatic hydroxyl groups is 1. The maximum Gasteiger partial charge on any atom is 0.246 e. The van der Waals surface area contributed by atoms with Gasteiger partial charge in [-0.2, -0.15) is 0 Å². The van der Waals surface area contributed by atoms with Crippen molar-refractivity contribution in [1.29, 1.82) is 0 Å². The van der Waals surface area contributed by atoms with Crippen LogP contribution >= 0.6 is 0 Å². The van der Waals surface area contributed by atoms with Crippen LogP contribution in [0.15, 0.2) is 42.5 Å². The number of phenolic OH excluding ortho intramolecular Hbond substituents is 1. The monoisotopic (exact) mass is 461 g/mol. The molecule has 0 spiro atoms. The second-order valence-electron chi connectivity index (χ2n) is 9.40. The number of likely N-dealkylation sites (tertiary alicyclic amines) is 1. The largest absolute Gasteiger partial charge is 0.507 e. The summed E-state index contributed by atoms with van der Waals surface area (Å²) in [6, 6.07) is 9.16. The van der Waals surface area contributed by atoms with Gasteiger partial charge in [-0.25, -0.2) is 0 Å². The zero-order valence-corrected chi connectivity index (χ0v) is 19.7. The van der Waals surface area contributed by atoms with Crippen molar-refractivity contribution in [1.82, 2.24) is 25.0 Å². The van der Waals surface area contributed by atoms with E-state index in [1.165, 1.54) is 0 Å². The minimum atomic E-state index is -0.00471. The number of nitrogens with one attached hydrogen (secondary N) is 1. The third kappa shape index (κ3) is 4.43. The second-order valence-corrected chi connectivity index (χ2v) is 9.40. The third-order valence-electron chi connectivity index (χ3n) is 6.70. The molecule has 5 rings (SSSR count). The van der Waals surface area contributed by atoms with Crippen molar-refractivity contribution in [2.45, 2.75) is 31.3 Å². The van der Waals surface area contributed by atoms with E-state index >= 15 is 0 Å². The molecule has 2 aliphatic rings. The zero-order valence-electron chi connectivity index (χ0n) is 19.7. The smallest absolute Gasteiger partial charge is 0.246 e. The summed E-state index contributed by atoms with van der Waals surface area (Å²) >= 11 is 0. The predicted octanol–water partition coefficient (Wildman–Crippen LogP) is 3.62. The number of nitrogens with zero attached hydrogens (tertiary/aromatic N) is 4. The van der Waals surface area contributed by atoms with E-state index in [0.29, 0.717) is 17.8 Å². The fourth-order valence-corrected chi connectivity index (χ4v) is 4.99. The highest BCUT2D eigenvalue weighted by atomic mass is 16.5. The molecule has 0 aliphatic carbocycles. The Morgan fingerprint density at radius 2 is 2.15 bits per heavy atom. The van der Waals surface area contributed by atoms with Gasteiger partial charge in [-0.15, -0.1) is 10.2 Å². The van der Waals surface area contributed by atoms with Crippen LogP contribution in [0.5, 0.6) is 5.75 Å². The van der Waals surface area contributed by atoms with Crippen LogP contribution in [0.1, 0.15) is 42.5 Å². The van der Waals surface area contributed by atoms with Gasteiger partial charge in [0.25, 0.3) is 0 Å². The van der Waals surface area contributed by atoms with Crippen molar-refractivity contribution in [3.63, 3.8) is 0 Å². The molecule has 8 heteroatoms. The minimum absolute atomic E-state index is 0.00471. The van der Waals surface area contributed by atoms with Crippen LogP contribution in [0.3, 0.4) is 0 Å². The molecule has 2 aliphatic heterocycles. The van der Waals surface area contributed by atoms with Crippen molar-refractivity contribution in [2.24, 2.45) is 0 Å². The van der Waals surface area contributed by atoms with Gasteiger partial charge in [-0.05, 0) is 51.6 Å². The van der Waals surface area contributed by atoms with Crippen LogP contribution in [0.4, 0.5) is 0 Å². The SMILES string of the molecule is CN(C)C/C=C/C(=O)N1CCC(c2[nH]c3nnc(-c4ccccc4O)cc3c2C2CCCO2)C1. The molecule has 8 nitrogen and oxygen atoms in total. The molecule has 34 heavy (non-hydrogen) atoms. The Kier molecular flexibility index (Phi) is 6.34. The summed E-state index contributed by atoms with van der Waals surface area (Å²) in [5.41, 5.74) is 4.22. The predicted molar refractivity (Wildman–Crippen MR) is 131 cm³/mol. The minimum Gasteiger partial charge on any atom is -0.507 e. The molecule has 2 N–H and O–H groups in total. The Bertz CT molecular complexity index is 1210. The number of H-pyrrole nitrogens is 1. The summed E-state index contributed by atoms with van der Waals surface area (Å²) in [6.45, 7) is 2.88. The number of likely N-dealkylation sites (N-methyl/N-ethyl adjacent to an activating group) is 1. The first kappa shape index (κ1) is 22.6. The molecule has 2 aromatic heterocycles. The van der Waals surface area contributed by atoms with Gasteiger partial charge in [0.15, 0.2) is 5.65 Å². The summed E-state index contributed by atoms with van der Waals surface area (Å²) in [6.07, 6.45) is 6.45.